The number of aldehydes is 1. The maximum atomic E-state index is 13.2. The van der Waals surface area contributed by atoms with Gasteiger partial charge < -0.3 is 29.8 Å². The molecule has 49 heavy (non-hydrogen) atoms. The number of carbonyl (C=O) groups is 4. The molecule has 266 valence electrons. The summed E-state index contributed by atoms with van der Waals surface area (Å²) in [6.07, 6.45) is 2.95. The van der Waals surface area contributed by atoms with Gasteiger partial charge in [-0.25, -0.2) is 18.0 Å². The lowest BCUT2D eigenvalue weighted by Gasteiger charge is -2.34. The smallest absolute Gasteiger partial charge is 0.352 e. The number of hydrogen-bond donors (Lipinski definition) is 3. The van der Waals surface area contributed by atoms with Crippen LogP contribution in [0.5, 0.6) is 5.75 Å². The zero-order chi connectivity index (χ0) is 36.0. The van der Waals surface area contributed by atoms with E-state index in [1.165, 1.54) is 22.5 Å². The van der Waals surface area contributed by atoms with Gasteiger partial charge in [0.2, 0.25) is 10.0 Å². The Morgan fingerprint density at radius 1 is 1.02 bits per heavy atom. The number of nitrogens with zero attached hydrogens (tertiary/aromatic N) is 2. The molecule has 1 saturated heterocycles. The van der Waals surface area contributed by atoms with Crippen LogP contribution in [0, 0.1) is 6.92 Å². The first-order valence-corrected chi connectivity index (χ1v) is 17.8. The summed E-state index contributed by atoms with van der Waals surface area (Å²) in [6.45, 7) is 10.9. The first-order valence-electron chi connectivity index (χ1n) is 16.4. The van der Waals surface area contributed by atoms with Crippen LogP contribution >= 0.6 is 0 Å². The summed E-state index contributed by atoms with van der Waals surface area (Å²) in [5.74, 6) is -1.38. The normalized spacial score (nSPS) is 13.6. The number of piperazine rings is 1. The van der Waals surface area contributed by atoms with Gasteiger partial charge in [0.15, 0.2) is 6.29 Å². The molecule has 1 fully saturated rings. The monoisotopic (exact) mass is 698 g/mol. The number of H-pyrrole nitrogens is 1. The topological polar surface area (TPSA) is 175 Å². The van der Waals surface area contributed by atoms with Crippen molar-refractivity contribution in [3.8, 4) is 5.75 Å². The summed E-state index contributed by atoms with van der Waals surface area (Å²) in [4.78, 5) is 51.0. The molecule has 14 heteroatoms. The Labute approximate surface area is 287 Å². The Balaban J connectivity index is 0.000000388. The summed E-state index contributed by atoms with van der Waals surface area (Å²) >= 11 is 0. The third kappa shape index (κ3) is 10.5. The van der Waals surface area contributed by atoms with Crippen LogP contribution in [0.2, 0.25) is 0 Å². The van der Waals surface area contributed by atoms with Gasteiger partial charge in [-0.05, 0) is 69.5 Å². The van der Waals surface area contributed by atoms with E-state index >= 15 is 0 Å². The number of benzene rings is 2. The number of ether oxygens (including phenoxy) is 2. The fourth-order valence-corrected chi connectivity index (χ4v) is 6.78. The molecule has 2 heterocycles. The Hall–Kier alpha value is -4.53. The van der Waals surface area contributed by atoms with Crippen LogP contribution in [0.15, 0.2) is 53.4 Å². The molecule has 0 unspecified atom stereocenters. The van der Waals surface area contributed by atoms with Gasteiger partial charge in [0, 0.05) is 50.5 Å². The van der Waals surface area contributed by atoms with Crippen molar-refractivity contribution in [3.05, 3.63) is 82.2 Å². The first kappa shape index (κ1) is 38.9. The van der Waals surface area contributed by atoms with Gasteiger partial charge in [-0.1, -0.05) is 31.5 Å². The molecule has 1 aliphatic rings. The van der Waals surface area contributed by atoms with Crippen molar-refractivity contribution in [2.75, 3.05) is 52.5 Å². The number of amides is 1. The Morgan fingerprint density at radius 2 is 1.71 bits per heavy atom. The quantitative estimate of drug-likeness (QED) is 0.119. The fourth-order valence-electron chi connectivity index (χ4n) is 5.33. The van der Waals surface area contributed by atoms with E-state index < -0.39 is 16.0 Å². The summed E-state index contributed by atoms with van der Waals surface area (Å²) in [5.41, 5.74) is 2.59. The average Bonchev–Trinajstić information content (AvgIpc) is 3.42. The van der Waals surface area contributed by atoms with E-state index in [0.29, 0.717) is 94.0 Å². The predicted molar refractivity (Wildman–Crippen MR) is 184 cm³/mol. The van der Waals surface area contributed by atoms with Crippen LogP contribution in [0.3, 0.4) is 0 Å². The van der Waals surface area contributed by atoms with E-state index in [4.69, 9.17) is 14.6 Å². The zero-order valence-electron chi connectivity index (χ0n) is 28.5. The molecule has 0 radical (unpaired) electrons. The van der Waals surface area contributed by atoms with Crippen LogP contribution in [-0.4, -0.2) is 104 Å². The molecule has 0 saturated carbocycles. The number of carboxylic acids is 1. The van der Waals surface area contributed by atoms with Gasteiger partial charge in [0.05, 0.1) is 29.2 Å². The lowest BCUT2D eigenvalue weighted by atomic mass is 10.1. The minimum absolute atomic E-state index is 0.0727. The SMILES string of the molecule is CCCc1[nH]c(C(=O)O)c(C)c1C=O.CCNC(=O)c1cc(S(=O)(=O)N2CCN(CCCOC(=O)c3ccccc3)CC2)ccc1OCC. The molecule has 2 aromatic carbocycles. The molecule has 1 aromatic heterocycles. The summed E-state index contributed by atoms with van der Waals surface area (Å²) in [5, 5.41) is 11.5. The first-order chi connectivity index (χ1) is 23.5. The molecule has 0 aliphatic carbocycles. The molecule has 0 bridgehead atoms. The van der Waals surface area contributed by atoms with Crippen molar-refractivity contribution in [2.45, 2.75) is 51.9 Å². The summed E-state index contributed by atoms with van der Waals surface area (Å²) in [7, 11) is -3.75. The number of aromatic nitrogens is 1. The molecule has 3 aromatic rings. The second kappa shape index (κ2) is 18.9. The number of aromatic carboxylic acids is 1. The third-order valence-corrected chi connectivity index (χ3v) is 9.77. The van der Waals surface area contributed by atoms with Gasteiger partial charge in [-0.2, -0.15) is 4.31 Å². The summed E-state index contributed by atoms with van der Waals surface area (Å²) in [6, 6.07) is 13.3. The Kier molecular flexibility index (Phi) is 15.0. The van der Waals surface area contributed by atoms with Crippen molar-refractivity contribution in [2.24, 2.45) is 0 Å². The van der Waals surface area contributed by atoms with Gasteiger partial charge >= 0.3 is 11.9 Å². The molecule has 13 nitrogen and oxygen atoms in total. The van der Waals surface area contributed by atoms with Crippen molar-refractivity contribution in [1.82, 2.24) is 19.5 Å². The number of aromatic amines is 1. The second-order valence-electron chi connectivity index (χ2n) is 11.2. The Bertz CT molecular complexity index is 1680. The molecule has 3 N–H and O–H groups in total. The zero-order valence-corrected chi connectivity index (χ0v) is 29.3. The lowest BCUT2D eigenvalue weighted by molar-refractivity contribution is 0.0482. The van der Waals surface area contributed by atoms with Crippen LogP contribution in [0.1, 0.15) is 86.4 Å². The molecule has 1 aliphatic heterocycles. The molecule has 4 rings (SSSR count). The predicted octanol–water partition coefficient (Wildman–Crippen LogP) is 4.17. The van der Waals surface area contributed by atoms with E-state index in [0.717, 1.165) is 12.1 Å². The number of sulfonamides is 1. The number of carbonyl (C=O) groups excluding carboxylic acids is 3. The average molecular weight is 699 g/mol. The van der Waals surface area contributed by atoms with E-state index in [1.807, 2.05) is 13.0 Å². The van der Waals surface area contributed by atoms with Crippen molar-refractivity contribution in [1.29, 1.82) is 0 Å². The number of carboxylic acid groups (broad SMARTS) is 1. The van der Waals surface area contributed by atoms with Gasteiger partial charge in [-0.3, -0.25) is 9.59 Å². The van der Waals surface area contributed by atoms with Crippen molar-refractivity contribution in [3.63, 3.8) is 0 Å². The van der Waals surface area contributed by atoms with Crippen molar-refractivity contribution < 1.29 is 42.2 Å². The maximum Gasteiger partial charge on any atom is 0.352 e. The standard InChI is InChI=1S/C25H33N3O6S.C10H13NO3/c1-3-26-24(29)22-19-21(11-12-23(22)33-4-2)35(31,32)28-16-14-27(15-17-28)13-8-18-34-25(30)20-9-6-5-7-10-20;1-3-4-8-7(5-12)6(2)9(11-8)10(13)14/h5-7,9-12,19H,3-4,8,13-18H2,1-2H3,(H,26,29);5,11H,3-4H2,1-2H3,(H,13,14). The van der Waals surface area contributed by atoms with Gasteiger partial charge in [-0.15, -0.1) is 0 Å². The number of esters is 1. The largest absolute Gasteiger partial charge is 0.493 e. The minimum Gasteiger partial charge on any atom is -0.493 e. The van der Waals surface area contributed by atoms with E-state index in [1.54, 1.807) is 45.0 Å². The highest BCUT2D eigenvalue weighted by Crippen LogP contribution is 2.26. The molecule has 1 amide bonds. The van der Waals surface area contributed by atoms with Crippen LogP contribution in [0.25, 0.3) is 0 Å². The van der Waals surface area contributed by atoms with Crippen molar-refractivity contribution >= 4 is 34.2 Å². The van der Waals surface area contributed by atoms with Crippen LogP contribution < -0.4 is 10.1 Å². The van der Waals surface area contributed by atoms with Gasteiger partial charge in [0.1, 0.15) is 11.4 Å². The highest BCUT2D eigenvalue weighted by molar-refractivity contribution is 7.89. The van der Waals surface area contributed by atoms with E-state index in [2.05, 4.69) is 15.2 Å². The fraction of sp³-hybridized carbons (Fsp3) is 0.429. The molecule has 0 atom stereocenters. The summed E-state index contributed by atoms with van der Waals surface area (Å²) < 4.78 is 38.8. The minimum atomic E-state index is -3.75. The number of rotatable bonds is 15. The number of aryl methyl sites for hydroxylation is 1. The van der Waals surface area contributed by atoms with Crippen LogP contribution in [0.4, 0.5) is 0 Å². The lowest BCUT2D eigenvalue weighted by Crippen LogP contribution is -2.48. The highest BCUT2D eigenvalue weighted by Gasteiger charge is 2.30. The Morgan fingerprint density at radius 3 is 2.31 bits per heavy atom. The highest BCUT2D eigenvalue weighted by atomic mass is 32.2. The molecule has 0 spiro atoms. The van der Waals surface area contributed by atoms with Gasteiger partial charge in [0.25, 0.3) is 5.91 Å². The van der Waals surface area contributed by atoms with E-state index in [-0.39, 0.29) is 28.0 Å². The third-order valence-electron chi connectivity index (χ3n) is 7.87. The second-order valence-corrected chi connectivity index (χ2v) is 13.2. The number of nitrogens with one attached hydrogen (secondary N) is 2. The van der Waals surface area contributed by atoms with E-state index in [9.17, 15) is 27.6 Å². The molecular formula is C35H46N4O9S. The number of hydrogen-bond acceptors (Lipinski definition) is 9. The van der Waals surface area contributed by atoms with Crippen LogP contribution in [-0.2, 0) is 21.2 Å². The maximum absolute atomic E-state index is 13.2. The molecular weight excluding hydrogens is 652 g/mol.